The fourth-order valence-corrected chi connectivity index (χ4v) is 1.47. The maximum Gasteiger partial charge on any atom is 0.380 e. The fraction of sp³-hybridized carbons (Fsp3) is 0.222. The number of nitrogens with two attached hydrogens (primary N) is 1. The summed E-state index contributed by atoms with van der Waals surface area (Å²) in [6, 6.07) is 5.64. The van der Waals surface area contributed by atoms with E-state index in [4.69, 9.17) is 5.11 Å². The number of carboxylic acids is 1. The predicted molar refractivity (Wildman–Crippen MR) is 56.2 cm³/mol. The zero-order chi connectivity index (χ0) is 12.3. The Morgan fingerprint density at radius 3 is 2.25 bits per heavy atom. The Labute approximate surface area is 92.9 Å². The molecule has 0 aliphatic carbocycles. The van der Waals surface area contributed by atoms with Gasteiger partial charge in [0, 0.05) is 0 Å². The van der Waals surface area contributed by atoms with E-state index in [1.807, 2.05) is 0 Å². The van der Waals surface area contributed by atoms with Gasteiger partial charge in [-0.25, -0.2) is 0 Å². The zero-order valence-electron chi connectivity index (χ0n) is 8.45. The highest BCUT2D eigenvalue weighted by Crippen LogP contribution is 2.19. The van der Waals surface area contributed by atoms with Crippen LogP contribution in [0.5, 0.6) is 5.75 Å². The third kappa shape index (κ3) is 3.52. The van der Waals surface area contributed by atoms with E-state index in [0.29, 0.717) is 5.56 Å². The summed E-state index contributed by atoms with van der Waals surface area (Å²) in [4.78, 5) is 10.7. The van der Waals surface area contributed by atoms with Crippen molar-refractivity contribution in [3.63, 3.8) is 0 Å². The highest BCUT2D eigenvalue weighted by Gasteiger charge is 2.13. The fourth-order valence-electron chi connectivity index (χ4n) is 1.09. The molecule has 1 atom stereocenters. The third-order valence-electron chi connectivity index (χ3n) is 1.96. The summed E-state index contributed by atoms with van der Waals surface area (Å²) in [5.74, 6) is -1.58. The molecule has 0 saturated carbocycles. The number of aliphatic carboxylic acids is 1. The van der Waals surface area contributed by atoms with Gasteiger partial charge in [0.25, 0.3) is 0 Å². The van der Waals surface area contributed by atoms with Crippen LogP contribution >= 0.6 is 0 Å². The molecule has 0 saturated heterocycles. The first-order valence-corrected chi connectivity index (χ1v) is 5.82. The van der Waals surface area contributed by atoms with Crippen molar-refractivity contribution in [1.29, 1.82) is 0 Å². The van der Waals surface area contributed by atoms with Crippen LogP contribution in [0, 0.1) is 0 Å². The highest BCUT2D eigenvalue weighted by molar-refractivity contribution is 7.84. The number of rotatable bonds is 4. The molecule has 0 aliphatic heterocycles. The molecule has 0 heterocycles. The molecule has 0 amide bonds. The van der Waals surface area contributed by atoms with Crippen molar-refractivity contribution >= 4 is 16.3 Å². The van der Waals surface area contributed by atoms with Crippen LogP contribution < -0.4 is 9.32 Å². The second kappa shape index (κ2) is 4.50. The zero-order valence-corrected chi connectivity index (χ0v) is 9.27. The Hall–Kier alpha value is -1.60. The number of hydrogen-bond donors (Lipinski definition) is 2. The first-order chi connectivity index (χ1) is 7.29. The minimum atomic E-state index is -4.04. The van der Waals surface area contributed by atoms with Gasteiger partial charge in [-0.15, -0.1) is 0 Å². The van der Waals surface area contributed by atoms with Gasteiger partial charge in [0.15, 0.2) is 0 Å². The lowest BCUT2D eigenvalue weighted by Crippen LogP contribution is -2.19. The summed E-state index contributed by atoms with van der Waals surface area (Å²) < 4.78 is 25.6. The van der Waals surface area contributed by atoms with E-state index in [0.717, 1.165) is 0 Å². The van der Waals surface area contributed by atoms with Crippen molar-refractivity contribution in [1.82, 2.24) is 0 Å². The molecular weight excluding hydrogens is 234 g/mol. The average Bonchev–Trinajstić information content (AvgIpc) is 2.15. The predicted octanol–water partition coefficient (Wildman–Crippen LogP) is 0.457. The van der Waals surface area contributed by atoms with Crippen molar-refractivity contribution in [3.8, 4) is 5.75 Å². The van der Waals surface area contributed by atoms with Crippen LogP contribution in [0.25, 0.3) is 0 Å². The maximum absolute atomic E-state index is 10.7. The third-order valence-corrected chi connectivity index (χ3v) is 2.39. The summed E-state index contributed by atoms with van der Waals surface area (Å²) in [6.45, 7) is 1.53. The van der Waals surface area contributed by atoms with Crippen LogP contribution in [0.3, 0.4) is 0 Å². The van der Waals surface area contributed by atoms with E-state index in [9.17, 15) is 13.2 Å². The Morgan fingerprint density at radius 2 is 1.88 bits per heavy atom. The quantitative estimate of drug-likeness (QED) is 0.801. The molecule has 6 nitrogen and oxygen atoms in total. The van der Waals surface area contributed by atoms with E-state index in [2.05, 4.69) is 9.32 Å². The highest BCUT2D eigenvalue weighted by atomic mass is 32.2. The maximum atomic E-state index is 10.7. The molecule has 0 aromatic heterocycles. The van der Waals surface area contributed by atoms with Crippen molar-refractivity contribution in [3.05, 3.63) is 29.8 Å². The van der Waals surface area contributed by atoms with Crippen molar-refractivity contribution in [2.45, 2.75) is 12.8 Å². The van der Waals surface area contributed by atoms with Gasteiger partial charge in [-0.05, 0) is 24.6 Å². The molecule has 0 spiro atoms. The van der Waals surface area contributed by atoms with Crippen LogP contribution in [-0.2, 0) is 15.1 Å². The Morgan fingerprint density at radius 1 is 1.38 bits per heavy atom. The first-order valence-electron chi connectivity index (χ1n) is 4.34. The van der Waals surface area contributed by atoms with E-state index >= 15 is 0 Å². The smallest absolute Gasteiger partial charge is 0.380 e. The van der Waals surface area contributed by atoms with Crippen LogP contribution in [0.4, 0.5) is 0 Å². The molecule has 0 aliphatic rings. The van der Waals surface area contributed by atoms with Gasteiger partial charge >= 0.3 is 16.3 Å². The van der Waals surface area contributed by atoms with Gasteiger partial charge < -0.3 is 9.29 Å². The standard InChI is InChI=1S/C9H11NO5S/c1-6(9(11)12)7-2-4-8(5-3-7)15-16(10,13)14/h2-6H,1H3,(H,11,12)(H2,10,13,14). The van der Waals surface area contributed by atoms with Gasteiger partial charge in [-0.2, -0.15) is 13.6 Å². The van der Waals surface area contributed by atoms with E-state index in [1.54, 1.807) is 0 Å². The first kappa shape index (κ1) is 12.5. The molecular formula is C9H11NO5S. The number of carbonyl (C=O) groups is 1. The molecule has 0 bridgehead atoms. The van der Waals surface area contributed by atoms with E-state index in [-0.39, 0.29) is 5.75 Å². The van der Waals surface area contributed by atoms with Gasteiger partial charge in [0.05, 0.1) is 5.92 Å². The van der Waals surface area contributed by atoms with Gasteiger partial charge in [0.1, 0.15) is 5.75 Å². The van der Waals surface area contributed by atoms with E-state index < -0.39 is 22.2 Å². The normalized spacial score (nSPS) is 13.1. The van der Waals surface area contributed by atoms with Gasteiger partial charge in [-0.3, -0.25) is 4.79 Å². The van der Waals surface area contributed by atoms with Crippen molar-refractivity contribution in [2.75, 3.05) is 0 Å². The van der Waals surface area contributed by atoms with Crippen LogP contribution in [0.2, 0.25) is 0 Å². The van der Waals surface area contributed by atoms with Crippen LogP contribution in [0.1, 0.15) is 18.4 Å². The summed E-state index contributed by atoms with van der Waals surface area (Å²) in [5, 5.41) is 13.4. The largest absolute Gasteiger partial charge is 0.481 e. The topological polar surface area (TPSA) is 107 Å². The molecule has 0 radical (unpaired) electrons. The molecule has 88 valence electrons. The molecule has 7 heteroatoms. The number of hydrogen-bond acceptors (Lipinski definition) is 4. The summed E-state index contributed by atoms with van der Waals surface area (Å²) in [5.41, 5.74) is 0.550. The Bertz CT molecular complexity index is 479. The lowest BCUT2D eigenvalue weighted by atomic mass is 10.0. The second-order valence-corrected chi connectivity index (χ2v) is 4.36. The number of benzene rings is 1. The molecule has 1 aromatic rings. The van der Waals surface area contributed by atoms with Gasteiger partial charge in [0.2, 0.25) is 0 Å². The Balaban J connectivity index is 2.87. The molecule has 1 aromatic carbocycles. The summed E-state index contributed by atoms with van der Waals surface area (Å²) >= 11 is 0. The summed E-state index contributed by atoms with van der Waals surface area (Å²) in [6.07, 6.45) is 0. The SMILES string of the molecule is CC(C(=O)O)c1ccc(OS(N)(=O)=O)cc1. The van der Waals surface area contributed by atoms with Crippen molar-refractivity contribution in [2.24, 2.45) is 5.14 Å². The number of carboxylic acid groups (broad SMARTS) is 1. The van der Waals surface area contributed by atoms with E-state index in [1.165, 1.54) is 31.2 Å². The molecule has 1 rings (SSSR count). The molecule has 1 unspecified atom stereocenters. The monoisotopic (exact) mass is 245 g/mol. The average molecular weight is 245 g/mol. The molecule has 3 N–H and O–H groups in total. The molecule has 0 fully saturated rings. The summed E-state index contributed by atoms with van der Waals surface area (Å²) in [7, 11) is -4.04. The van der Waals surface area contributed by atoms with Crippen molar-refractivity contribution < 1.29 is 22.5 Å². The lowest BCUT2D eigenvalue weighted by molar-refractivity contribution is -0.138. The Kier molecular flexibility index (Phi) is 3.51. The van der Waals surface area contributed by atoms with Crippen LogP contribution in [0.15, 0.2) is 24.3 Å². The minimum Gasteiger partial charge on any atom is -0.481 e. The second-order valence-electron chi connectivity index (χ2n) is 3.21. The lowest BCUT2D eigenvalue weighted by Gasteiger charge is -2.07. The van der Waals surface area contributed by atoms with Crippen LogP contribution in [-0.4, -0.2) is 19.5 Å². The molecule has 16 heavy (non-hydrogen) atoms. The minimum absolute atomic E-state index is 0.0452. The van der Waals surface area contributed by atoms with Gasteiger partial charge in [-0.1, -0.05) is 12.1 Å².